The normalized spacial score (nSPS) is 35.2. The van der Waals surface area contributed by atoms with Crippen molar-refractivity contribution in [1.82, 2.24) is 10.2 Å². The van der Waals surface area contributed by atoms with Crippen LogP contribution in [0.2, 0.25) is 0 Å². The maximum Gasteiger partial charge on any atom is 0.139 e. The Labute approximate surface area is 169 Å². The monoisotopic (exact) mass is 382 g/mol. The number of piperazine rings is 1. The molecule has 28 heavy (non-hydrogen) atoms. The Balaban J connectivity index is 1.25. The summed E-state index contributed by atoms with van der Waals surface area (Å²) in [6.07, 6.45) is 6.59. The summed E-state index contributed by atoms with van der Waals surface area (Å²) in [5, 5.41) is 3.40. The van der Waals surface area contributed by atoms with Gasteiger partial charge in [0.25, 0.3) is 0 Å². The van der Waals surface area contributed by atoms with Crippen LogP contribution in [0.1, 0.15) is 56.1 Å². The number of aryl methyl sites for hydroxylation is 1. The summed E-state index contributed by atoms with van der Waals surface area (Å²) in [7, 11) is 0. The Bertz CT molecular complexity index is 742. The highest BCUT2D eigenvalue weighted by Gasteiger charge is 2.54. The first kappa shape index (κ1) is 18.6. The first-order chi connectivity index (χ1) is 13.6. The molecule has 1 aliphatic heterocycles. The molecule has 2 saturated carbocycles. The van der Waals surface area contributed by atoms with Gasteiger partial charge in [-0.2, -0.15) is 0 Å². The minimum Gasteiger partial charge on any atom is -0.492 e. The van der Waals surface area contributed by atoms with E-state index in [2.05, 4.69) is 35.3 Å². The van der Waals surface area contributed by atoms with E-state index in [9.17, 15) is 4.79 Å². The minimum absolute atomic E-state index is 0.0221. The van der Waals surface area contributed by atoms with Gasteiger partial charge in [-0.15, -0.1) is 0 Å². The number of nitrogens with zero attached hydrogens (tertiary/aromatic N) is 1. The van der Waals surface area contributed by atoms with Gasteiger partial charge in [0.2, 0.25) is 0 Å². The molecular formula is C24H34N2O2. The van der Waals surface area contributed by atoms with Crippen molar-refractivity contribution in [2.45, 2.75) is 51.4 Å². The number of hydrogen-bond donors (Lipinski definition) is 1. The largest absolute Gasteiger partial charge is 0.492 e. The van der Waals surface area contributed by atoms with Gasteiger partial charge in [0.05, 0.1) is 0 Å². The molecule has 152 valence electrons. The quantitative estimate of drug-likeness (QED) is 0.867. The molecule has 1 aromatic carbocycles. The second-order valence-electron chi connectivity index (χ2n) is 9.63. The molecule has 3 aliphatic carbocycles. The molecule has 4 heteroatoms. The first-order valence-electron chi connectivity index (χ1n) is 11.4. The summed E-state index contributed by atoms with van der Waals surface area (Å²) in [5.74, 6) is 3.54. The molecule has 0 amide bonds. The van der Waals surface area contributed by atoms with Gasteiger partial charge < -0.3 is 10.1 Å². The van der Waals surface area contributed by atoms with Gasteiger partial charge in [0.1, 0.15) is 18.1 Å². The fourth-order valence-corrected chi connectivity index (χ4v) is 6.65. The fourth-order valence-electron chi connectivity index (χ4n) is 6.65. The number of ether oxygens (including phenoxy) is 1. The average molecular weight is 383 g/mol. The Morgan fingerprint density at radius 2 is 2.04 bits per heavy atom. The number of Topliss-reactive ketones (excluding diaryl/α,β-unsaturated/α-hetero) is 1. The van der Waals surface area contributed by atoms with E-state index >= 15 is 0 Å². The van der Waals surface area contributed by atoms with Crippen LogP contribution in [0.5, 0.6) is 5.75 Å². The summed E-state index contributed by atoms with van der Waals surface area (Å²) in [5.41, 5.74) is 3.02. The van der Waals surface area contributed by atoms with Crippen LogP contribution < -0.4 is 10.1 Å². The molecule has 0 aromatic heterocycles. The standard InChI is InChI=1S/C24H34N2O2/c1-24-9-8-20-19-5-3-18(28-15-14-26-12-10-25-11-13-26)16-17(19)2-4-21(20)22(24)6-7-23(24)27/h3,5,16,20-22,25H,2,4,6-15H2,1H3/t20-,21-,22+,24+/m1/s1. The molecule has 0 radical (unpaired) electrons. The summed E-state index contributed by atoms with van der Waals surface area (Å²) >= 11 is 0. The molecule has 0 bridgehead atoms. The predicted molar refractivity (Wildman–Crippen MR) is 111 cm³/mol. The van der Waals surface area contributed by atoms with Crippen molar-refractivity contribution in [3.63, 3.8) is 0 Å². The lowest BCUT2D eigenvalue weighted by Crippen LogP contribution is -2.44. The third kappa shape index (κ3) is 3.19. The van der Waals surface area contributed by atoms with E-state index in [0.717, 1.165) is 70.8 Å². The number of carbonyl (C=O) groups excluding carboxylic acids is 1. The second-order valence-corrected chi connectivity index (χ2v) is 9.63. The van der Waals surface area contributed by atoms with Crippen molar-refractivity contribution in [3.8, 4) is 5.75 Å². The smallest absolute Gasteiger partial charge is 0.139 e. The van der Waals surface area contributed by atoms with E-state index in [-0.39, 0.29) is 5.41 Å². The van der Waals surface area contributed by atoms with Crippen LogP contribution in [0.15, 0.2) is 18.2 Å². The van der Waals surface area contributed by atoms with E-state index in [1.54, 1.807) is 5.56 Å². The maximum atomic E-state index is 12.5. The van der Waals surface area contributed by atoms with Gasteiger partial charge >= 0.3 is 0 Å². The van der Waals surface area contributed by atoms with Gasteiger partial charge in [-0.1, -0.05) is 13.0 Å². The number of hydrogen-bond acceptors (Lipinski definition) is 4. The number of nitrogens with one attached hydrogen (secondary N) is 1. The van der Waals surface area contributed by atoms with Crippen LogP contribution in [0.3, 0.4) is 0 Å². The fraction of sp³-hybridized carbons (Fsp3) is 0.708. The van der Waals surface area contributed by atoms with Crippen molar-refractivity contribution >= 4 is 5.78 Å². The third-order valence-electron chi connectivity index (χ3n) is 8.29. The Morgan fingerprint density at radius 3 is 2.89 bits per heavy atom. The Kier molecular flexibility index (Phi) is 4.96. The molecule has 1 heterocycles. The van der Waals surface area contributed by atoms with Crippen LogP contribution in [0.25, 0.3) is 0 Å². The lowest BCUT2D eigenvalue weighted by Gasteiger charge is -2.48. The highest BCUT2D eigenvalue weighted by Crippen LogP contribution is 2.59. The van der Waals surface area contributed by atoms with E-state index in [4.69, 9.17) is 4.74 Å². The van der Waals surface area contributed by atoms with Crippen LogP contribution >= 0.6 is 0 Å². The average Bonchev–Trinajstić information content (AvgIpc) is 3.03. The lowest BCUT2D eigenvalue weighted by atomic mass is 9.55. The Morgan fingerprint density at radius 1 is 1.18 bits per heavy atom. The van der Waals surface area contributed by atoms with Crippen LogP contribution in [-0.4, -0.2) is 50.0 Å². The molecule has 5 rings (SSSR count). The zero-order chi connectivity index (χ0) is 19.1. The van der Waals surface area contributed by atoms with Gasteiger partial charge in [0.15, 0.2) is 0 Å². The topological polar surface area (TPSA) is 41.6 Å². The first-order valence-corrected chi connectivity index (χ1v) is 11.4. The molecule has 1 saturated heterocycles. The third-order valence-corrected chi connectivity index (χ3v) is 8.29. The highest BCUT2D eigenvalue weighted by molar-refractivity contribution is 5.87. The summed E-state index contributed by atoms with van der Waals surface area (Å²) in [6.45, 7) is 8.47. The van der Waals surface area contributed by atoms with Crippen LogP contribution in [-0.2, 0) is 11.2 Å². The van der Waals surface area contributed by atoms with Crippen molar-refractivity contribution in [2.75, 3.05) is 39.3 Å². The number of fused-ring (bicyclic) bond motifs is 5. The van der Waals surface area contributed by atoms with Gasteiger partial charge in [-0.3, -0.25) is 9.69 Å². The van der Waals surface area contributed by atoms with E-state index < -0.39 is 0 Å². The predicted octanol–water partition coefficient (Wildman–Crippen LogP) is 3.40. The van der Waals surface area contributed by atoms with E-state index in [1.807, 2.05) is 0 Å². The summed E-state index contributed by atoms with van der Waals surface area (Å²) in [6, 6.07) is 6.83. The SMILES string of the molecule is C[C@]12CC[C@@H]3c4ccc(OCCN5CCNCC5)cc4CC[C@H]3[C@@H]1CCC2=O. The second kappa shape index (κ2) is 7.46. The molecule has 1 N–H and O–H groups in total. The molecule has 4 aliphatic rings. The zero-order valence-electron chi connectivity index (χ0n) is 17.2. The van der Waals surface area contributed by atoms with Crippen molar-refractivity contribution < 1.29 is 9.53 Å². The van der Waals surface area contributed by atoms with Gasteiger partial charge in [-0.05, 0) is 73.1 Å². The molecule has 3 fully saturated rings. The van der Waals surface area contributed by atoms with Crippen molar-refractivity contribution in [1.29, 1.82) is 0 Å². The summed E-state index contributed by atoms with van der Waals surface area (Å²) in [4.78, 5) is 15.0. The van der Waals surface area contributed by atoms with Gasteiger partial charge in [-0.25, -0.2) is 0 Å². The number of ketones is 1. The van der Waals surface area contributed by atoms with Crippen molar-refractivity contribution in [2.24, 2.45) is 17.3 Å². The van der Waals surface area contributed by atoms with E-state index in [1.165, 1.54) is 18.4 Å². The molecule has 4 atom stereocenters. The number of benzene rings is 1. The molecule has 0 unspecified atom stereocenters. The maximum absolute atomic E-state index is 12.5. The molecule has 1 aromatic rings. The molecular weight excluding hydrogens is 348 g/mol. The summed E-state index contributed by atoms with van der Waals surface area (Å²) < 4.78 is 6.10. The van der Waals surface area contributed by atoms with Gasteiger partial charge in [0, 0.05) is 44.6 Å². The number of carbonyl (C=O) groups is 1. The minimum atomic E-state index is -0.0221. The van der Waals surface area contributed by atoms with Crippen molar-refractivity contribution in [3.05, 3.63) is 29.3 Å². The van der Waals surface area contributed by atoms with Crippen LogP contribution in [0.4, 0.5) is 0 Å². The Hall–Kier alpha value is -1.39. The lowest BCUT2D eigenvalue weighted by molar-refractivity contribution is -0.129. The van der Waals surface area contributed by atoms with E-state index in [0.29, 0.717) is 23.5 Å². The molecule has 0 spiro atoms. The van der Waals surface area contributed by atoms with Crippen LogP contribution in [0, 0.1) is 17.3 Å². The zero-order valence-corrected chi connectivity index (χ0v) is 17.2. The molecule has 4 nitrogen and oxygen atoms in total. The highest BCUT2D eigenvalue weighted by atomic mass is 16.5. The number of rotatable bonds is 4.